The molecule has 1 aromatic carbocycles. The van der Waals surface area contributed by atoms with Crippen LogP contribution in [-0.4, -0.2) is 16.2 Å². The third-order valence-electron chi connectivity index (χ3n) is 1.32. The maximum absolute atomic E-state index is 10.4. The molecule has 0 saturated heterocycles. The molecule has 0 aromatic heterocycles. The van der Waals surface area contributed by atoms with Gasteiger partial charge in [0.1, 0.15) is 17.4 Å². The SMILES string of the molecule is N#Cc1c[c]cc(C(=O)O)c1O. The van der Waals surface area contributed by atoms with Crippen molar-refractivity contribution in [3.63, 3.8) is 0 Å². The maximum atomic E-state index is 10.4. The topological polar surface area (TPSA) is 81.3 Å². The lowest BCUT2D eigenvalue weighted by atomic mass is 10.1. The molecule has 0 saturated carbocycles. The Morgan fingerprint density at radius 3 is 2.75 bits per heavy atom. The lowest BCUT2D eigenvalue weighted by Gasteiger charge is -1.98. The summed E-state index contributed by atoms with van der Waals surface area (Å²) in [5, 5.41) is 26.0. The summed E-state index contributed by atoms with van der Waals surface area (Å²) >= 11 is 0. The first-order chi connectivity index (χ1) is 5.66. The number of rotatable bonds is 1. The number of nitriles is 1. The fourth-order valence-electron chi connectivity index (χ4n) is 0.738. The zero-order valence-electron chi connectivity index (χ0n) is 5.90. The summed E-state index contributed by atoms with van der Waals surface area (Å²) in [5.74, 6) is -1.79. The molecule has 0 bridgehead atoms. The number of carboxylic acid groups (broad SMARTS) is 1. The highest BCUT2D eigenvalue weighted by Gasteiger charge is 2.11. The van der Waals surface area contributed by atoms with Crippen LogP contribution >= 0.6 is 0 Å². The molecule has 0 heterocycles. The van der Waals surface area contributed by atoms with Crippen LogP contribution in [0.4, 0.5) is 0 Å². The van der Waals surface area contributed by atoms with Gasteiger partial charge in [0, 0.05) is 0 Å². The van der Waals surface area contributed by atoms with Gasteiger partial charge in [0.15, 0.2) is 0 Å². The molecule has 4 heteroatoms. The van der Waals surface area contributed by atoms with Crippen LogP contribution in [-0.2, 0) is 0 Å². The largest absolute Gasteiger partial charge is 0.506 e. The molecule has 59 valence electrons. The molecule has 0 unspecified atom stereocenters. The highest BCUT2D eigenvalue weighted by atomic mass is 16.4. The van der Waals surface area contributed by atoms with Crippen LogP contribution in [0.5, 0.6) is 5.75 Å². The molecule has 0 aliphatic rings. The van der Waals surface area contributed by atoms with E-state index in [-0.39, 0.29) is 11.1 Å². The van der Waals surface area contributed by atoms with Crippen LogP contribution < -0.4 is 0 Å². The number of aromatic carboxylic acids is 1. The quantitative estimate of drug-likeness (QED) is 0.638. The molecular formula is C8H4NO3. The second-order valence-electron chi connectivity index (χ2n) is 2.05. The van der Waals surface area contributed by atoms with Crippen LogP contribution in [0.25, 0.3) is 0 Å². The Labute approximate surface area is 68.3 Å². The Balaban J connectivity index is 3.35. The minimum absolute atomic E-state index is 0.0881. The zero-order valence-corrected chi connectivity index (χ0v) is 5.90. The van der Waals surface area contributed by atoms with Crippen molar-refractivity contribution in [1.82, 2.24) is 0 Å². The van der Waals surface area contributed by atoms with Crippen LogP contribution in [0.1, 0.15) is 15.9 Å². The number of nitrogens with zero attached hydrogens (tertiary/aromatic N) is 1. The molecule has 0 spiro atoms. The predicted molar refractivity (Wildman–Crippen MR) is 38.6 cm³/mol. The van der Waals surface area contributed by atoms with Crippen molar-refractivity contribution in [3.8, 4) is 11.8 Å². The average Bonchev–Trinajstić information content (AvgIpc) is 2.04. The molecule has 0 fully saturated rings. The second kappa shape index (κ2) is 2.93. The minimum Gasteiger partial charge on any atom is -0.506 e. The molecule has 1 aromatic rings. The van der Waals surface area contributed by atoms with Gasteiger partial charge in [-0.3, -0.25) is 0 Å². The summed E-state index contributed by atoms with van der Waals surface area (Å²) in [6, 6.07) is 6.42. The van der Waals surface area contributed by atoms with E-state index in [1.165, 1.54) is 6.07 Å². The molecule has 0 amide bonds. The summed E-state index contributed by atoms with van der Waals surface area (Å²) in [7, 11) is 0. The van der Waals surface area contributed by atoms with Crippen molar-refractivity contribution < 1.29 is 15.0 Å². The number of carbonyl (C=O) groups is 1. The van der Waals surface area contributed by atoms with Crippen molar-refractivity contribution in [2.45, 2.75) is 0 Å². The molecule has 1 rings (SSSR count). The van der Waals surface area contributed by atoms with E-state index < -0.39 is 11.7 Å². The van der Waals surface area contributed by atoms with Crippen molar-refractivity contribution in [1.29, 1.82) is 5.26 Å². The van der Waals surface area contributed by atoms with E-state index in [1.54, 1.807) is 6.07 Å². The van der Waals surface area contributed by atoms with Gasteiger partial charge in [0.25, 0.3) is 0 Å². The Hall–Kier alpha value is -2.02. The highest BCUT2D eigenvalue weighted by Crippen LogP contribution is 2.20. The van der Waals surface area contributed by atoms with E-state index >= 15 is 0 Å². The molecule has 0 aliphatic heterocycles. The van der Waals surface area contributed by atoms with Gasteiger partial charge >= 0.3 is 5.97 Å². The molecule has 4 nitrogen and oxygen atoms in total. The monoisotopic (exact) mass is 162 g/mol. The Morgan fingerprint density at radius 1 is 1.58 bits per heavy atom. The number of aromatic hydroxyl groups is 1. The maximum Gasteiger partial charge on any atom is 0.339 e. The Morgan fingerprint density at radius 2 is 2.25 bits per heavy atom. The van der Waals surface area contributed by atoms with E-state index in [1.807, 2.05) is 0 Å². The van der Waals surface area contributed by atoms with Crippen molar-refractivity contribution in [3.05, 3.63) is 29.3 Å². The number of hydrogen-bond acceptors (Lipinski definition) is 3. The van der Waals surface area contributed by atoms with Gasteiger partial charge in [0.2, 0.25) is 0 Å². The summed E-state index contributed by atoms with van der Waals surface area (Å²) in [6.45, 7) is 0. The van der Waals surface area contributed by atoms with Gasteiger partial charge in [0.05, 0.1) is 5.56 Å². The third-order valence-corrected chi connectivity index (χ3v) is 1.32. The van der Waals surface area contributed by atoms with Gasteiger partial charge in [-0.1, -0.05) is 0 Å². The normalized spacial score (nSPS) is 8.92. The highest BCUT2D eigenvalue weighted by molar-refractivity contribution is 5.91. The van der Waals surface area contributed by atoms with Crippen LogP contribution in [0.15, 0.2) is 12.1 Å². The molecule has 0 aliphatic carbocycles. The number of hydrogen-bond donors (Lipinski definition) is 2. The summed E-state index contributed by atoms with van der Waals surface area (Å²) < 4.78 is 0. The first-order valence-electron chi connectivity index (χ1n) is 3.03. The number of phenols is 1. The predicted octanol–water partition coefficient (Wildman–Crippen LogP) is 0.762. The van der Waals surface area contributed by atoms with E-state index in [0.29, 0.717) is 0 Å². The first-order valence-corrected chi connectivity index (χ1v) is 3.03. The van der Waals surface area contributed by atoms with E-state index in [9.17, 15) is 4.79 Å². The standard InChI is InChI=1S/C8H4NO3/c9-4-5-2-1-3-6(7(5)10)8(11)12/h2-3,10H,(H,11,12). The zero-order chi connectivity index (χ0) is 9.14. The molecular weight excluding hydrogens is 158 g/mol. The lowest BCUT2D eigenvalue weighted by Crippen LogP contribution is -1.97. The average molecular weight is 162 g/mol. The van der Waals surface area contributed by atoms with Crippen molar-refractivity contribution in [2.75, 3.05) is 0 Å². The Bertz CT molecular complexity index is 365. The van der Waals surface area contributed by atoms with E-state index in [0.717, 1.165) is 6.07 Å². The molecule has 12 heavy (non-hydrogen) atoms. The summed E-state index contributed by atoms with van der Waals surface area (Å²) in [4.78, 5) is 10.4. The lowest BCUT2D eigenvalue weighted by molar-refractivity contribution is 0.0693. The fraction of sp³-hybridized carbons (Fsp3) is 0. The first kappa shape index (κ1) is 8.08. The minimum atomic E-state index is -1.28. The second-order valence-corrected chi connectivity index (χ2v) is 2.05. The summed E-state index contributed by atoms with van der Waals surface area (Å²) in [6.07, 6.45) is 0. The van der Waals surface area contributed by atoms with Crippen LogP contribution in [0.2, 0.25) is 0 Å². The van der Waals surface area contributed by atoms with Crippen LogP contribution in [0, 0.1) is 17.4 Å². The van der Waals surface area contributed by atoms with Gasteiger partial charge in [-0.15, -0.1) is 0 Å². The summed E-state index contributed by atoms with van der Waals surface area (Å²) in [5.41, 5.74) is -0.399. The van der Waals surface area contributed by atoms with E-state index in [2.05, 4.69) is 6.07 Å². The third kappa shape index (κ3) is 1.20. The number of carboxylic acids is 1. The van der Waals surface area contributed by atoms with Crippen molar-refractivity contribution >= 4 is 5.97 Å². The van der Waals surface area contributed by atoms with E-state index in [4.69, 9.17) is 15.5 Å². The van der Waals surface area contributed by atoms with Crippen LogP contribution in [0.3, 0.4) is 0 Å². The van der Waals surface area contributed by atoms with Gasteiger partial charge in [-0.05, 0) is 18.2 Å². The number of benzene rings is 1. The van der Waals surface area contributed by atoms with Gasteiger partial charge in [-0.25, -0.2) is 4.79 Å². The van der Waals surface area contributed by atoms with Gasteiger partial charge < -0.3 is 10.2 Å². The molecule has 0 atom stereocenters. The fourth-order valence-corrected chi connectivity index (χ4v) is 0.738. The smallest absolute Gasteiger partial charge is 0.339 e. The molecule has 2 N–H and O–H groups in total. The Kier molecular flexibility index (Phi) is 1.97. The van der Waals surface area contributed by atoms with Gasteiger partial charge in [-0.2, -0.15) is 5.26 Å². The molecule has 1 radical (unpaired) electrons. The van der Waals surface area contributed by atoms with Crippen molar-refractivity contribution in [2.24, 2.45) is 0 Å².